The predicted molar refractivity (Wildman–Crippen MR) is 110 cm³/mol. The van der Waals surface area contributed by atoms with Crippen LogP contribution in [0.5, 0.6) is 0 Å². The maximum absolute atomic E-state index is 13.1. The van der Waals surface area contributed by atoms with E-state index in [2.05, 4.69) is 4.57 Å². The highest BCUT2D eigenvalue weighted by molar-refractivity contribution is 6.16. The highest BCUT2D eigenvalue weighted by Crippen LogP contribution is 2.34. The molecule has 2 aromatic rings. The van der Waals surface area contributed by atoms with Crippen LogP contribution in [0.2, 0.25) is 0 Å². The Balaban J connectivity index is 2.15. The maximum Gasteiger partial charge on any atom is 0.340 e. The van der Waals surface area contributed by atoms with Gasteiger partial charge < -0.3 is 14.2 Å². The van der Waals surface area contributed by atoms with E-state index >= 15 is 0 Å². The van der Waals surface area contributed by atoms with Gasteiger partial charge in [-0.2, -0.15) is 0 Å². The van der Waals surface area contributed by atoms with Gasteiger partial charge in [0.2, 0.25) is 0 Å². The Labute approximate surface area is 165 Å². The predicted octanol–water partition coefficient (Wildman–Crippen LogP) is 4.18. The highest BCUT2D eigenvalue weighted by Gasteiger charge is 2.38. The first-order valence-corrected chi connectivity index (χ1v) is 9.37. The van der Waals surface area contributed by atoms with E-state index in [1.807, 2.05) is 70.2 Å². The third kappa shape index (κ3) is 3.17. The van der Waals surface area contributed by atoms with Crippen molar-refractivity contribution in [2.75, 3.05) is 7.11 Å². The van der Waals surface area contributed by atoms with E-state index in [-0.39, 0.29) is 11.9 Å². The number of benzene rings is 1. The maximum atomic E-state index is 13.1. The summed E-state index contributed by atoms with van der Waals surface area (Å²) in [5.74, 6) is -0.658. The van der Waals surface area contributed by atoms with E-state index in [1.54, 1.807) is 11.8 Å². The van der Waals surface area contributed by atoms with Crippen LogP contribution in [-0.2, 0) is 14.3 Å². The Kier molecular flexibility index (Phi) is 5.27. The molecule has 5 nitrogen and oxygen atoms in total. The summed E-state index contributed by atoms with van der Waals surface area (Å²) in [6, 6.07) is 12.0. The van der Waals surface area contributed by atoms with Gasteiger partial charge in [-0.15, -0.1) is 0 Å². The number of ether oxygens (including phenoxy) is 1. The Morgan fingerprint density at radius 1 is 1.11 bits per heavy atom. The zero-order valence-electron chi connectivity index (χ0n) is 17.2. The minimum absolute atomic E-state index is 0.0465. The Morgan fingerprint density at radius 2 is 1.75 bits per heavy atom. The number of esters is 1. The minimum Gasteiger partial charge on any atom is -0.465 e. The second-order valence-electron chi connectivity index (χ2n) is 7.28. The summed E-state index contributed by atoms with van der Waals surface area (Å²) in [6.45, 7) is 9.70. The molecule has 0 radical (unpaired) electrons. The number of hydrogen-bond donors (Lipinski definition) is 0. The third-order valence-electron chi connectivity index (χ3n) is 5.13. The SMILES string of the molecule is COC(=O)C1=C(C)N(C(C)C)C(=O)C1=Cc1cc(C)n(-c2ccccc2)c1C. The smallest absolute Gasteiger partial charge is 0.340 e. The van der Waals surface area contributed by atoms with E-state index in [9.17, 15) is 9.59 Å². The fourth-order valence-corrected chi connectivity index (χ4v) is 3.88. The van der Waals surface area contributed by atoms with Gasteiger partial charge in [-0.25, -0.2) is 4.79 Å². The summed E-state index contributed by atoms with van der Waals surface area (Å²) in [5.41, 5.74) is 5.39. The summed E-state index contributed by atoms with van der Waals surface area (Å²) in [4.78, 5) is 27.1. The Hall–Kier alpha value is -3.08. The first-order chi connectivity index (χ1) is 13.3. The molecule has 28 heavy (non-hydrogen) atoms. The molecule has 1 aliphatic rings. The first kappa shape index (κ1) is 19.7. The van der Waals surface area contributed by atoms with Crippen LogP contribution in [0.15, 0.2) is 53.2 Å². The number of carbonyl (C=O) groups excluding carboxylic acids is 2. The molecule has 0 N–H and O–H groups in total. The Morgan fingerprint density at radius 3 is 2.32 bits per heavy atom. The number of hydrogen-bond acceptors (Lipinski definition) is 3. The average molecular weight is 378 g/mol. The molecule has 1 amide bonds. The largest absolute Gasteiger partial charge is 0.465 e. The summed E-state index contributed by atoms with van der Waals surface area (Å²) in [7, 11) is 1.34. The standard InChI is InChI=1S/C23H26N2O3/c1-14(2)24-17(5)21(23(27)28-6)20(22(24)26)13-18-12-15(3)25(16(18)4)19-10-8-7-9-11-19/h7-14H,1-6H3. The summed E-state index contributed by atoms with van der Waals surface area (Å²) in [6.07, 6.45) is 1.81. The van der Waals surface area contributed by atoms with E-state index in [1.165, 1.54) is 7.11 Å². The van der Waals surface area contributed by atoms with Crippen molar-refractivity contribution in [1.29, 1.82) is 0 Å². The fraction of sp³-hybridized carbons (Fsp3) is 0.304. The van der Waals surface area contributed by atoms with Gasteiger partial charge in [-0.05, 0) is 64.5 Å². The van der Waals surface area contributed by atoms with Gasteiger partial charge in [-0.3, -0.25) is 4.79 Å². The molecule has 0 fully saturated rings. The lowest BCUT2D eigenvalue weighted by atomic mass is 10.0. The minimum atomic E-state index is -0.489. The van der Waals surface area contributed by atoms with Crippen molar-refractivity contribution in [3.63, 3.8) is 0 Å². The molecule has 0 bridgehead atoms. The van der Waals surface area contributed by atoms with Gasteiger partial charge >= 0.3 is 5.97 Å². The highest BCUT2D eigenvalue weighted by atomic mass is 16.5. The van der Waals surface area contributed by atoms with Crippen LogP contribution >= 0.6 is 0 Å². The average Bonchev–Trinajstić information content (AvgIpc) is 3.08. The van der Waals surface area contributed by atoms with Crippen LogP contribution in [0.1, 0.15) is 37.7 Å². The van der Waals surface area contributed by atoms with Crippen LogP contribution in [0.4, 0.5) is 0 Å². The molecule has 0 atom stereocenters. The van der Waals surface area contributed by atoms with Crippen LogP contribution in [-0.4, -0.2) is 34.5 Å². The van der Waals surface area contributed by atoms with Gasteiger partial charge in [0.05, 0.1) is 18.3 Å². The van der Waals surface area contributed by atoms with Gasteiger partial charge in [-0.1, -0.05) is 18.2 Å². The lowest BCUT2D eigenvalue weighted by Crippen LogP contribution is -2.31. The monoisotopic (exact) mass is 378 g/mol. The zero-order valence-corrected chi connectivity index (χ0v) is 17.2. The molecular weight excluding hydrogens is 352 g/mol. The molecule has 5 heteroatoms. The van der Waals surface area contributed by atoms with Crippen molar-refractivity contribution in [1.82, 2.24) is 9.47 Å². The van der Waals surface area contributed by atoms with Crippen LogP contribution in [0, 0.1) is 13.8 Å². The topological polar surface area (TPSA) is 51.5 Å². The van der Waals surface area contributed by atoms with Crippen LogP contribution in [0.3, 0.4) is 0 Å². The van der Waals surface area contributed by atoms with Gasteiger partial charge in [0.1, 0.15) is 0 Å². The van der Waals surface area contributed by atoms with Gasteiger partial charge in [0.15, 0.2) is 0 Å². The van der Waals surface area contributed by atoms with Crippen molar-refractivity contribution >= 4 is 18.0 Å². The third-order valence-corrected chi connectivity index (χ3v) is 5.13. The molecule has 1 aromatic heterocycles. The number of carbonyl (C=O) groups is 2. The molecule has 0 unspecified atom stereocenters. The van der Waals surface area contributed by atoms with Crippen molar-refractivity contribution in [2.24, 2.45) is 0 Å². The van der Waals surface area contributed by atoms with Crippen molar-refractivity contribution in [3.05, 3.63) is 70.2 Å². The molecule has 1 aromatic carbocycles. The van der Waals surface area contributed by atoms with Crippen molar-refractivity contribution in [2.45, 2.75) is 40.7 Å². The second kappa shape index (κ2) is 7.50. The molecule has 0 spiro atoms. The quantitative estimate of drug-likeness (QED) is 0.592. The van der Waals surface area contributed by atoms with E-state index in [4.69, 9.17) is 4.74 Å². The van der Waals surface area contributed by atoms with E-state index < -0.39 is 5.97 Å². The van der Waals surface area contributed by atoms with Crippen molar-refractivity contribution < 1.29 is 14.3 Å². The molecule has 3 rings (SSSR count). The normalized spacial score (nSPS) is 15.9. The number of rotatable bonds is 4. The summed E-state index contributed by atoms with van der Waals surface area (Å²) >= 11 is 0. The molecule has 1 aliphatic heterocycles. The number of methoxy groups -OCH3 is 1. The van der Waals surface area contributed by atoms with Crippen molar-refractivity contribution in [3.8, 4) is 5.69 Å². The van der Waals surface area contributed by atoms with E-state index in [0.29, 0.717) is 16.8 Å². The van der Waals surface area contributed by atoms with E-state index in [0.717, 1.165) is 22.6 Å². The molecule has 0 saturated carbocycles. The molecular formula is C23H26N2O3. The molecule has 2 heterocycles. The lowest BCUT2D eigenvalue weighted by Gasteiger charge is -2.22. The first-order valence-electron chi connectivity index (χ1n) is 9.37. The second-order valence-corrected chi connectivity index (χ2v) is 7.28. The number of para-hydroxylation sites is 1. The number of aryl methyl sites for hydroxylation is 1. The summed E-state index contributed by atoms with van der Waals surface area (Å²) in [5, 5.41) is 0. The lowest BCUT2D eigenvalue weighted by molar-refractivity contribution is -0.136. The van der Waals surface area contributed by atoms with Crippen LogP contribution in [0.25, 0.3) is 11.8 Å². The van der Waals surface area contributed by atoms with Crippen LogP contribution < -0.4 is 0 Å². The van der Waals surface area contributed by atoms with Gasteiger partial charge in [0.25, 0.3) is 5.91 Å². The van der Waals surface area contributed by atoms with Gasteiger partial charge in [0, 0.05) is 28.8 Å². The number of allylic oxidation sites excluding steroid dienone is 1. The molecule has 0 saturated heterocycles. The number of aromatic nitrogens is 1. The molecule has 146 valence electrons. The molecule has 0 aliphatic carbocycles. The number of amides is 1. The Bertz CT molecular complexity index is 994. The number of nitrogens with zero attached hydrogens (tertiary/aromatic N) is 2. The summed E-state index contributed by atoms with van der Waals surface area (Å²) < 4.78 is 7.09. The zero-order chi connectivity index (χ0) is 20.6. The fourth-order valence-electron chi connectivity index (χ4n) is 3.88.